The summed E-state index contributed by atoms with van der Waals surface area (Å²) in [6.07, 6.45) is 3.08. The monoisotopic (exact) mass is 402 g/mol. The molecule has 2 aromatic carbocycles. The molecule has 0 spiro atoms. The Labute approximate surface area is 166 Å². The summed E-state index contributed by atoms with van der Waals surface area (Å²) in [4.78, 5) is 12.2. The maximum Gasteiger partial charge on any atom is 0.185 e. The minimum absolute atomic E-state index is 0.123. The van der Waals surface area contributed by atoms with Crippen molar-refractivity contribution in [1.29, 1.82) is 0 Å². The van der Waals surface area contributed by atoms with Gasteiger partial charge in [-0.25, -0.2) is 0 Å². The lowest BCUT2D eigenvalue weighted by Gasteiger charge is -2.05. The standard InChI is InChI=1S/C21H16Cl2O4/c1-25-15-4-2-14(3-5-15)21(24)11-9-16-6-7-18(27-16)13-26-17-8-10-19(22)20(23)12-17/h2-12H,13H2,1H3/b11-9+. The van der Waals surface area contributed by atoms with Crippen molar-refractivity contribution in [1.82, 2.24) is 0 Å². The summed E-state index contributed by atoms with van der Waals surface area (Å²) in [5.74, 6) is 2.35. The first-order chi connectivity index (χ1) is 13.0. The minimum atomic E-state index is -0.123. The average molecular weight is 403 g/mol. The van der Waals surface area contributed by atoms with Crippen LogP contribution in [0.3, 0.4) is 0 Å². The van der Waals surface area contributed by atoms with Crippen LogP contribution in [0, 0.1) is 0 Å². The van der Waals surface area contributed by atoms with Gasteiger partial charge in [0.1, 0.15) is 29.6 Å². The van der Waals surface area contributed by atoms with Crippen LogP contribution in [0.25, 0.3) is 6.08 Å². The molecule has 3 aromatic rings. The van der Waals surface area contributed by atoms with Crippen molar-refractivity contribution in [2.24, 2.45) is 0 Å². The topological polar surface area (TPSA) is 48.7 Å². The third kappa shape index (κ3) is 5.16. The number of carbonyl (C=O) groups is 1. The van der Waals surface area contributed by atoms with E-state index in [1.807, 2.05) is 0 Å². The molecule has 0 aliphatic heterocycles. The summed E-state index contributed by atoms with van der Waals surface area (Å²) in [7, 11) is 1.58. The van der Waals surface area contributed by atoms with Crippen LogP contribution in [0.4, 0.5) is 0 Å². The molecule has 0 atom stereocenters. The fourth-order valence-electron chi connectivity index (χ4n) is 2.29. The van der Waals surface area contributed by atoms with Crippen LogP contribution in [0.2, 0.25) is 10.0 Å². The number of hydrogen-bond acceptors (Lipinski definition) is 4. The Bertz CT molecular complexity index is 959. The SMILES string of the molecule is COc1ccc(C(=O)/C=C/c2ccc(COc3ccc(Cl)c(Cl)c3)o2)cc1. The first kappa shape index (κ1) is 19.1. The van der Waals surface area contributed by atoms with Gasteiger partial charge in [-0.15, -0.1) is 0 Å². The molecule has 1 aromatic heterocycles. The van der Waals surface area contributed by atoms with Crippen LogP contribution in [-0.2, 0) is 6.61 Å². The van der Waals surface area contributed by atoms with E-state index < -0.39 is 0 Å². The van der Waals surface area contributed by atoms with E-state index in [2.05, 4.69) is 0 Å². The van der Waals surface area contributed by atoms with E-state index in [1.54, 1.807) is 67.8 Å². The van der Waals surface area contributed by atoms with E-state index in [1.165, 1.54) is 6.08 Å². The van der Waals surface area contributed by atoms with Crippen LogP contribution in [0.1, 0.15) is 21.9 Å². The highest BCUT2D eigenvalue weighted by atomic mass is 35.5. The summed E-state index contributed by atoms with van der Waals surface area (Å²) in [6.45, 7) is 0.234. The number of halogens is 2. The molecule has 0 aliphatic rings. The van der Waals surface area contributed by atoms with Crippen molar-refractivity contribution in [2.45, 2.75) is 6.61 Å². The lowest BCUT2D eigenvalue weighted by atomic mass is 10.1. The Morgan fingerprint density at radius 3 is 2.44 bits per heavy atom. The quantitative estimate of drug-likeness (QED) is 0.355. The van der Waals surface area contributed by atoms with Gasteiger partial charge >= 0.3 is 0 Å². The minimum Gasteiger partial charge on any atom is -0.497 e. The Hall–Kier alpha value is -2.69. The number of carbonyl (C=O) groups excluding carboxylic acids is 1. The van der Waals surface area contributed by atoms with Gasteiger partial charge in [-0.1, -0.05) is 23.2 Å². The van der Waals surface area contributed by atoms with Crippen molar-refractivity contribution >= 4 is 35.1 Å². The summed E-state index contributed by atoms with van der Waals surface area (Å²) >= 11 is 11.8. The highest BCUT2D eigenvalue weighted by molar-refractivity contribution is 6.42. The molecule has 0 bridgehead atoms. The number of ketones is 1. The molecular formula is C21H16Cl2O4. The normalized spacial score (nSPS) is 10.9. The van der Waals surface area contributed by atoms with Gasteiger partial charge in [0, 0.05) is 11.6 Å². The van der Waals surface area contributed by atoms with E-state index in [0.717, 1.165) is 0 Å². The van der Waals surface area contributed by atoms with Gasteiger partial charge in [0.05, 0.1) is 17.2 Å². The molecule has 0 amide bonds. The first-order valence-electron chi connectivity index (χ1n) is 8.08. The number of furan rings is 1. The Morgan fingerprint density at radius 1 is 1.00 bits per heavy atom. The van der Waals surface area contributed by atoms with Gasteiger partial charge < -0.3 is 13.9 Å². The molecule has 1 heterocycles. The van der Waals surface area contributed by atoms with Crippen LogP contribution < -0.4 is 9.47 Å². The fourth-order valence-corrected chi connectivity index (χ4v) is 2.58. The third-order valence-corrected chi connectivity index (χ3v) is 4.47. The fraction of sp³-hybridized carbons (Fsp3) is 0.0952. The number of methoxy groups -OCH3 is 1. The molecule has 0 saturated carbocycles. The zero-order valence-electron chi connectivity index (χ0n) is 14.4. The summed E-state index contributed by atoms with van der Waals surface area (Å²) in [5, 5.41) is 0.894. The predicted molar refractivity (Wildman–Crippen MR) is 106 cm³/mol. The van der Waals surface area contributed by atoms with Crippen LogP contribution in [0.5, 0.6) is 11.5 Å². The zero-order chi connectivity index (χ0) is 19.2. The molecule has 0 aliphatic carbocycles. The Kier molecular flexibility index (Phi) is 6.22. The maximum atomic E-state index is 12.2. The average Bonchev–Trinajstić information content (AvgIpc) is 3.15. The van der Waals surface area contributed by atoms with Crippen LogP contribution in [-0.4, -0.2) is 12.9 Å². The van der Waals surface area contributed by atoms with Gasteiger partial charge in [0.15, 0.2) is 5.78 Å². The molecule has 3 rings (SSSR count). The Balaban J connectivity index is 1.58. The summed E-state index contributed by atoms with van der Waals surface area (Å²) < 4.78 is 16.3. The third-order valence-electron chi connectivity index (χ3n) is 3.73. The van der Waals surface area contributed by atoms with E-state index in [9.17, 15) is 4.79 Å². The van der Waals surface area contributed by atoms with Gasteiger partial charge in [-0.3, -0.25) is 4.79 Å². The van der Waals surface area contributed by atoms with Crippen LogP contribution in [0.15, 0.2) is 65.1 Å². The number of ether oxygens (including phenoxy) is 2. The lowest BCUT2D eigenvalue weighted by molar-refractivity contribution is 0.104. The maximum absolute atomic E-state index is 12.2. The van der Waals surface area contributed by atoms with Crippen molar-refractivity contribution in [2.75, 3.05) is 7.11 Å². The second-order valence-corrected chi connectivity index (χ2v) is 6.41. The second kappa shape index (κ2) is 8.80. The second-order valence-electron chi connectivity index (χ2n) is 5.59. The van der Waals surface area contributed by atoms with Gasteiger partial charge in [0.2, 0.25) is 0 Å². The molecular weight excluding hydrogens is 387 g/mol. The number of allylic oxidation sites excluding steroid dienone is 1. The number of benzene rings is 2. The van der Waals surface area contributed by atoms with Gasteiger partial charge in [0.25, 0.3) is 0 Å². The van der Waals surface area contributed by atoms with E-state index >= 15 is 0 Å². The van der Waals surface area contributed by atoms with Crippen molar-refractivity contribution < 1.29 is 18.7 Å². The largest absolute Gasteiger partial charge is 0.497 e. The van der Waals surface area contributed by atoms with Crippen molar-refractivity contribution in [3.8, 4) is 11.5 Å². The molecule has 0 radical (unpaired) electrons. The number of hydrogen-bond donors (Lipinski definition) is 0. The molecule has 0 N–H and O–H groups in total. The molecule has 138 valence electrons. The van der Waals surface area contributed by atoms with E-state index in [0.29, 0.717) is 38.6 Å². The van der Waals surface area contributed by atoms with Crippen molar-refractivity contribution in [3.05, 3.63) is 87.8 Å². The predicted octanol–water partition coefficient (Wildman–Crippen LogP) is 6.07. The van der Waals surface area contributed by atoms with Gasteiger partial charge in [-0.05, 0) is 60.7 Å². The first-order valence-corrected chi connectivity index (χ1v) is 8.84. The zero-order valence-corrected chi connectivity index (χ0v) is 16.0. The summed E-state index contributed by atoms with van der Waals surface area (Å²) in [5.41, 5.74) is 0.571. The van der Waals surface area contributed by atoms with Gasteiger partial charge in [-0.2, -0.15) is 0 Å². The number of rotatable bonds is 7. The van der Waals surface area contributed by atoms with E-state index in [4.69, 9.17) is 37.1 Å². The highest BCUT2D eigenvalue weighted by Gasteiger charge is 2.05. The highest BCUT2D eigenvalue weighted by Crippen LogP contribution is 2.27. The molecule has 0 fully saturated rings. The van der Waals surface area contributed by atoms with Crippen LogP contribution >= 0.6 is 23.2 Å². The van der Waals surface area contributed by atoms with Crippen molar-refractivity contribution in [3.63, 3.8) is 0 Å². The molecule has 6 heteroatoms. The summed E-state index contributed by atoms with van der Waals surface area (Å²) in [6, 6.07) is 15.5. The molecule has 4 nitrogen and oxygen atoms in total. The molecule has 0 unspecified atom stereocenters. The lowest BCUT2D eigenvalue weighted by Crippen LogP contribution is -1.94. The Morgan fingerprint density at radius 2 is 1.74 bits per heavy atom. The molecule has 0 saturated heterocycles. The smallest absolute Gasteiger partial charge is 0.185 e. The van der Waals surface area contributed by atoms with E-state index in [-0.39, 0.29) is 12.4 Å². The molecule has 27 heavy (non-hydrogen) atoms.